The van der Waals surface area contributed by atoms with Crippen LogP contribution in [-0.4, -0.2) is 69.1 Å². The molecular formula is C17H25N5O4. The molecule has 2 rings (SSSR count). The van der Waals surface area contributed by atoms with Gasteiger partial charge in [-0.3, -0.25) is 30.1 Å². The summed E-state index contributed by atoms with van der Waals surface area (Å²) in [4.78, 5) is 38.2. The van der Waals surface area contributed by atoms with E-state index in [0.717, 1.165) is 32.0 Å². The Morgan fingerprint density at radius 3 is 2.27 bits per heavy atom. The van der Waals surface area contributed by atoms with Crippen LogP contribution in [0.15, 0.2) is 24.3 Å². The molecule has 1 saturated heterocycles. The van der Waals surface area contributed by atoms with Crippen LogP contribution in [0.4, 0.5) is 11.4 Å². The molecule has 0 spiro atoms. The molecule has 1 aliphatic rings. The van der Waals surface area contributed by atoms with E-state index < -0.39 is 5.91 Å². The van der Waals surface area contributed by atoms with E-state index in [1.807, 2.05) is 24.3 Å². The standard InChI is InChI=1S/C17H25N5O4/c1-13(23)19-20-17(25)12-21(2)11-16(24)18-14-3-5-15(6-4-14)22-7-9-26-10-8-22/h3-6H,7-12H2,1-2H3,(H,18,24)(H,19,23)(H,20,25). The van der Waals surface area contributed by atoms with Crippen molar-refractivity contribution in [3.05, 3.63) is 24.3 Å². The molecule has 3 N–H and O–H groups in total. The van der Waals surface area contributed by atoms with Crippen LogP contribution in [0.5, 0.6) is 0 Å². The lowest BCUT2D eigenvalue weighted by atomic mass is 10.2. The summed E-state index contributed by atoms with van der Waals surface area (Å²) in [5, 5.41) is 2.80. The fourth-order valence-electron chi connectivity index (χ4n) is 2.52. The normalized spacial score (nSPS) is 14.0. The van der Waals surface area contributed by atoms with Crippen LogP contribution in [0.1, 0.15) is 6.92 Å². The molecule has 1 aromatic rings. The van der Waals surface area contributed by atoms with E-state index in [4.69, 9.17) is 4.74 Å². The predicted molar refractivity (Wildman–Crippen MR) is 97.6 cm³/mol. The average Bonchev–Trinajstić information content (AvgIpc) is 2.61. The van der Waals surface area contributed by atoms with E-state index in [1.54, 1.807) is 11.9 Å². The molecule has 1 aromatic carbocycles. The van der Waals surface area contributed by atoms with Crippen LogP contribution in [0.25, 0.3) is 0 Å². The minimum absolute atomic E-state index is 0.0102. The lowest BCUT2D eigenvalue weighted by Gasteiger charge is -2.28. The minimum Gasteiger partial charge on any atom is -0.378 e. The average molecular weight is 363 g/mol. The molecule has 0 bridgehead atoms. The SMILES string of the molecule is CC(=O)NNC(=O)CN(C)CC(=O)Nc1ccc(N2CCOCC2)cc1. The zero-order valence-electron chi connectivity index (χ0n) is 15.1. The molecule has 0 aromatic heterocycles. The fourth-order valence-corrected chi connectivity index (χ4v) is 2.52. The number of carbonyl (C=O) groups excluding carboxylic acids is 3. The molecule has 9 heteroatoms. The van der Waals surface area contributed by atoms with Gasteiger partial charge in [0.15, 0.2) is 0 Å². The topological polar surface area (TPSA) is 103 Å². The van der Waals surface area contributed by atoms with E-state index in [2.05, 4.69) is 21.1 Å². The Kier molecular flexibility index (Phi) is 7.37. The predicted octanol–water partition coefficient (Wildman–Crippen LogP) is -0.439. The van der Waals surface area contributed by atoms with E-state index in [-0.39, 0.29) is 24.9 Å². The van der Waals surface area contributed by atoms with E-state index in [1.165, 1.54) is 6.92 Å². The van der Waals surface area contributed by atoms with Gasteiger partial charge in [-0.15, -0.1) is 0 Å². The highest BCUT2D eigenvalue weighted by molar-refractivity contribution is 5.92. The van der Waals surface area contributed by atoms with E-state index in [0.29, 0.717) is 5.69 Å². The van der Waals surface area contributed by atoms with Crippen LogP contribution < -0.4 is 21.1 Å². The third-order valence-electron chi connectivity index (χ3n) is 3.73. The number of hydrogen-bond donors (Lipinski definition) is 3. The van der Waals surface area contributed by atoms with Gasteiger partial charge in [0.25, 0.3) is 5.91 Å². The highest BCUT2D eigenvalue weighted by Crippen LogP contribution is 2.18. The van der Waals surface area contributed by atoms with Crippen LogP contribution in [0.3, 0.4) is 0 Å². The summed E-state index contributed by atoms with van der Waals surface area (Å²) in [5.41, 5.74) is 6.24. The zero-order valence-corrected chi connectivity index (χ0v) is 15.1. The number of anilines is 2. The van der Waals surface area contributed by atoms with Gasteiger partial charge in [-0.25, -0.2) is 0 Å². The number of rotatable bonds is 6. The molecule has 3 amide bonds. The molecule has 0 aliphatic carbocycles. The van der Waals surface area contributed by atoms with Gasteiger partial charge in [-0.05, 0) is 31.3 Å². The highest BCUT2D eigenvalue weighted by atomic mass is 16.5. The van der Waals surface area contributed by atoms with Crippen molar-refractivity contribution in [2.24, 2.45) is 0 Å². The molecule has 1 aliphatic heterocycles. The van der Waals surface area contributed by atoms with Crippen molar-refractivity contribution in [1.29, 1.82) is 0 Å². The monoisotopic (exact) mass is 363 g/mol. The van der Waals surface area contributed by atoms with Gasteiger partial charge < -0.3 is 15.0 Å². The number of carbonyl (C=O) groups is 3. The Morgan fingerprint density at radius 1 is 1.04 bits per heavy atom. The van der Waals surface area contributed by atoms with Crippen molar-refractivity contribution in [2.45, 2.75) is 6.92 Å². The molecule has 0 radical (unpaired) electrons. The molecule has 0 saturated carbocycles. The van der Waals surface area contributed by atoms with Crippen LogP contribution >= 0.6 is 0 Å². The Bertz CT molecular complexity index is 629. The van der Waals surface area contributed by atoms with Gasteiger partial charge in [0.2, 0.25) is 11.8 Å². The molecule has 1 heterocycles. The summed E-state index contributed by atoms with van der Waals surface area (Å²) in [7, 11) is 1.65. The summed E-state index contributed by atoms with van der Waals surface area (Å²) < 4.78 is 5.34. The quantitative estimate of drug-likeness (QED) is 0.592. The molecule has 142 valence electrons. The lowest BCUT2D eigenvalue weighted by Crippen LogP contribution is -2.46. The van der Waals surface area contributed by atoms with Crippen LogP contribution in [0, 0.1) is 0 Å². The number of hydrogen-bond acceptors (Lipinski definition) is 6. The van der Waals surface area contributed by atoms with Crippen molar-refractivity contribution in [1.82, 2.24) is 15.8 Å². The number of nitrogens with zero attached hydrogens (tertiary/aromatic N) is 2. The molecule has 0 atom stereocenters. The third-order valence-corrected chi connectivity index (χ3v) is 3.73. The second-order valence-corrected chi connectivity index (χ2v) is 6.10. The largest absolute Gasteiger partial charge is 0.378 e. The van der Waals surface area contributed by atoms with Crippen LogP contribution in [-0.2, 0) is 19.1 Å². The third kappa shape index (κ3) is 6.69. The van der Waals surface area contributed by atoms with Gasteiger partial charge in [0, 0.05) is 31.4 Å². The van der Waals surface area contributed by atoms with E-state index >= 15 is 0 Å². The number of morpholine rings is 1. The van der Waals surface area contributed by atoms with Crippen molar-refractivity contribution in [2.75, 3.05) is 56.7 Å². The van der Waals surface area contributed by atoms with Crippen molar-refractivity contribution >= 4 is 29.1 Å². The summed E-state index contributed by atoms with van der Waals surface area (Å²) >= 11 is 0. The summed E-state index contributed by atoms with van der Waals surface area (Å²) in [6, 6.07) is 7.63. The summed E-state index contributed by atoms with van der Waals surface area (Å²) in [5.74, 6) is -0.983. The number of ether oxygens (including phenoxy) is 1. The first-order valence-electron chi connectivity index (χ1n) is 8.40. The van der Waals surface area contributed by atoms with Gasteiger partial charge >= 0.3 is 0 Å². The van der Waals surface area contributed by atoms with Crippen LogP contribution in [0.2, 0.25) is 0 Å². The number of nitrogens with one attached hydrogen (secondary N) is 3. The van der Waals surface area contributed by atoms with Crippen molar-refractivity contribution < 1.29 is 19.1 Å². The maximum absolute atomic E-state index is 12.1. The number of benzene rings is 1. The lowest BCUT2D eigenvalue weighted by molar-refractivity contribution is -0.128. The van der Waals surface area contributed by atoms with Crippen molar-refractivity contribution in [3.8, 4) is 0 Å². The first-order chi connectivity index (χ1) is 12.4. The molecule has 0 unspecified atom stereocenters. The Balaban J connectivity index is 1.76. The zero-order chi connectivity index (χ0) is 18.9. The molecule has 9 nitrogen and oxygen atoms in total. The first kappa shape index (κ1) is 19.7. The summed E-state index contributed by atoms with van der Waals surface area (Å²) in [6.07, 6.45) is 0. The maximum atomic E-state index is 12.1. The minimum atomic E-state index is -0.398. The smallest absolute Gasteiger partial charge is 0.252 e. The number of likely N-dealkylation sites (N-methyl/N-ethyl adjacent to an activating group) is 1. The van der Waals surface area contributed by atoms with Gasteiger partial charge in [-0.2, -0.15) is 0 Å². The van der Waals surface area contributed by atoms with Crippen molar-refractivity contribution in [3.63, 3.8) is 0 Å². The van der Waals surface area contributed by atoms with Gasteiger partial charge in [0.05, 0.1) is 26.3 Å². The summed E-state index contributed by atoms with van der Waals surface area (Å²) in [6.45, 7) is 4.50. The number of amides is 3. The van der Waals surface area contributed by atoms with E-state index in [9.17, 15) is 14.4 Å². The fraction of sp³-hybridized carbons (Fsp3) is 0.471. The highest BCUT2D eigenvalue weighted by Gasteiger charge is 2.13. The Hall–Kier alpha value is -2.65. The van der Waals surface area contributed by atoms with Gasteiger partial charge in [0.1, 0.15) is 0 Å². The molecule has 26 heavy (non-hydrogen) atoms. The molecule has 1 fully saturated rings. The first-order valence-corrected chi connectivity index (χ1v) is 8.40. The molecular weight excluding hydrogens is 338 g/mol. The number of hydrazine groups is 1. The van der Waals surface area contributed by atoms with Gasteiger partial charge in [-0.1, -0.05) is 0 Å². The maximum Gasteiger partial charge on any atom is 0.252 e. The Labute approximate surface area is 152 Å². The second-order valence-electron chi connectivity index (χ2n) is 6.10. The second kappa shape index (κ2) is 9.73. The Morgan fingerprint density at radius 2 is 1.65 bits per heavy atom.